The Kier molecular flexibility index (Phi) is 6.79. The van der Waals surface area contributed by atoms with Crippen molar-refractivity contribution in [1.29, 1.82) is 0 Å². The second-order valence-corrected chi connectivity index (χ2v) is 8.10. The largest absolute Gasteiger partial charge is 0.493 e. The van der Waals surface area contributed by atoms with Crippen LogP contribution in [-0.2, 0) is 4.79 Å². The first kappa shape index (κ1) is 23.3. The van der Waals surface area contributed by atoms with Gasteiger partial charge in [-0.15, -0.1) is 0 Å². The van der Waals surface area contributed by atoms with E-state index in [9.17, 15) is 9.59 Å². The molecule has 1 aliphatic heterocycles. The first-order valence-corrected chi connectivity index (χ1v) is 10.9. The predicted molar refractivity (Wildman–Crippen MR) is 128 cm³/mol. The third-order valence-corrected chi connectivity index (χ3v) is 5.58. The SMILES string of the molecule is COc1ccc(C2Nc3ccc(Cl)cc3C(=O)N2NC(=O)COc2ccc(C)cc2)cc1OC. The number of nitrogens with zero attached hydrogens (tertiary/aromatic N) is 1. The molecule has 0 saturated carbocycles. The number of amides is 2. The second-order valence-electron chi connectivity index (χ2n) is 7.66. The molecule has 1 heterocycles. The Labute approximate surface area is 202 Å². The van der Waals surface area contributed by atoms with Crippen LogP contribution in [0.4, 0.5) is 5.69 Å². The van der Waals surface area contributed by atoms with Crippen molar-refractivity contribution in [3.63, 3.8) is 0 Å². The smallest absolute Gasteiger partial charge is 0.276 e. The van der Waals surface area contributed by atoms with E-state index in [-0.39, 0.29) is 6.61 Å². The highest BCUT2D eigenvalue weighted by Gasteiger charge is 2.35. The summed E-state index contributed by atoms with van der Waals surface area (Å²) < 4.78 is 16.3. The highest BCUT2D eigenvalue weighted by atomic mass is 35.5. The summed E-state index contributed by atoms with van der Waals surface area (Å²) in [5.41, 5.74) is 5.35. The lowest BCUT2D eigenvalue weighted by atomic mass is 10.0. The molecule has 0 radical (unpaired) electrons. The number of aryl methyl sites for hydroxylation is 1. The van der Waals surface area contributed by atoms with Gasteiger partial charge in [0.1, 0.15) is 11.9 Å². The van der Waals surface area contributed by atoms with E-state index < -0.39 is 18.0 Å². The van der Waals surface area contributed by atoms with Crippen molar-refractivity contribution in [3.05, 3.63) is 82.4 Å². The van der Waals surface area contributed by atoms with Crippen LogP contribution in [0.3, 0.4) is 0 Å². The molecular formula is C25H24ClN3O5. The lowest BCUT2D eigenvalue weighted by molar-refractivity contribution is -0.127. The molecule has 1 aliphatic rings. The van der Waals surface area contributed by atoms with Gasteiger partial charge < -0.3 is 19.5 Å². The monoisotopic (exact) mass is 481 g/mol. The maximum atomic E-state index is 13.4. The Morgan fingerprint density at radius 1 is 1.03 bits per heavy atom. The molecular weight excluding hydrogens is 458 g/mol. The summed E-state index contributed by atoms with van der Waals surface area (Å²) in [6.45, 7) is 1.69. The standard InChI is InChI=1S/C25H24ClN3O5/c1-15-4-8-18(9-5-15)34-14-23(30)28-29-24(16-6-11-21(32-2)22(12-16)33-3)27-20-10-7-17(26)13-19(20)25(29)31/h4-13,24,27H,14H2,1-3H3,(H,28,30). The second kappa shape index (κ2) is 9.93. The minimum Gasteiger partial charge on any atom is -0.493 e. The van der Waals surface area contributed by atoms with E-state index in [2.05, 4.69) is 10.7 Å². The third kappa shape index (κ3) is 4.87. The Bertz CT molecular complexity index is 1220. The maximum Gasteiger partial charge on any atom is 0.276 e. The molecule has 1 atom stereocenters. The Morgan fingerprint density at radius 2 is 1.76 bits per heavy atom. The van der Waals surface area contributed by atoms with Crippen LogP contribution in [0.5, 0.6) is 17.2 Å². The van der Waals surface area contributed by atoms with Gasteiger partial charge in [-0.3, -0.25) is 15.0 Å². The van der Waals surface area contributed by atoms with Gasteiger partial charge in [0, 0.05) is 16.3 Å². The molecule has 2 amide bonds. The van der Waals surface area contributed by atoms with E-state index in [0.717, 1.165) is 5.56 Å². The van der Waals surface area contributed by atoms with Gasteiger partial charge in [-0.25, -0.2) is 5.01 Å². The Morgan fingerprint density at radius 3 is 2.47 bits per heavy atom. The van der Waals surface area contributed by atoms with Crippen molar-refractivity contribution >= 4 is 29.1 Å². The molecule has 3 aromatic rings. The van der Waals surface area contributed by atoms with Crippen molar-refractivity contribution in [2.75, 3.05) is 26.1 Å². The molecule has 9 heteroatoms. The van der Waals surface area contributed by atoms with Gasteiger partial charge in [-0.1, -0.05) is 35.4 Å². The summed E-state index contributed by atoms with van der Waals surface area (Å²) in [5, 5.41) is 4.92. The van der Waals surface area contributed by atoms with E-state index in [1.165, 1.54) is 12.1 Å². The van der Waals surface area contributed by atoms with Crippen LogP contribution in [0.2, 0.25) is 5.02 Å². The molecule has 0 saturated heterocycles. The number of hydrogen-bond acceptors (Lipinski definition) is 6. The van der Waals surface area contributed by atoms with Gasteiger partial charge in [-0.2, -0.15) is 0 Å². The Hall–Kier alpha value is -3.91. The van der Waals surface area contributed by atoms with Gasteiger partial charge in [0.2, 0.25) is 0 Å². The molecule has 8 nitrogen and oxygen atoms in total. The first-order valence-electron chi connectivity index (χ1n) is 10.5. The number of rotatable bonds is 7. The van der Waals surface area contributed by atoms with Gasteiger partial charge in [0.15, 0.2) is 18.1 Å². The summed E-state index contributed by atoms with van der Waals surface area (Å²) in [4.78, 5) is 26.1. The molecule has 0 fully saturated rings. The lowest BCUT2D eigenvalue weighted by Gasteiger charge is -2.38. The highest BCUT2D eigenvalue weighted by molar-refractivity contribution is 6.31. The number of hydrogen-bond donors (Lipinski definition) is 2. The molecule has 4 rings (SSSR count). The number of fused-ring (bicyclic) bond motifs is 1. The fourth-order valence-corrected chi connectivity index (χ4v) is 3.77. The fraction of sp³-hybridized carbons (Fsp3) is 0.200. The van der Waals surface area contributed by atoms with E-state index in [0.29, 0.717) is 39.1 Å². The fourth-order valence-electron chi connectivity index (χ4n) is 3.60. The predicted octanol–water partition coefficient (Wildman–Crippen LogP) is 4.34. The number of hydrazine groups is 1. The Balaban J connectivity index is 1.61. The summed E-state index contributed by atoms with van der Waals surface area (Å²) in [6, 6.07) is 17.6. The van der Waals surface area contributed by atoms with Gasteiger partial charge in [-0.05, 0) is 49.4 Å². The number of halogens is 1. The van der Waals surface area contributed by atoms with Crippen LogP contribution in [0, 0.1) is 6.92 Å². The van der Waals surface area contributed by atoms with E-state index in [1.54, 1.807) is 55.6 Å². The molecule has 0 bridgehead atoms. The zero-order valence-electron chi connectivity index (χ0n) is 18.9. The van der Waals surface area contributed by atoms with Crippen molar-refractivity contribution in [1.82, 2.24) is 10.4 Å². The lowest BCUT2D eigenvalue weighted by Crippen LogP contribution is -2.53. The van der Waals surface area contributed by atoms with Gasteiger partial charge in [0.25, 0.3) is 11.8 Å². The molecule has 0 spiro atoms. The summed E-state index contributed by atoms with van der Waals surface area (Å²) in [5.74, 6) is 0.677. The molecule has 3 aromatic carbocycles. The highest BCUT2D eigenvalue weighted by Crippen LogP contribution is 2.36. The minimum atomic E-state index is -0.718. The normalized spacial score (nSPS) is 14.6. The van der Waals surface area contributed by atoms with E-state index >= 15 is 0 Å². The summed E-state index contributed by atoms with van der Waals surface area (Å²) >= 11 is 6.11. The number of anilines is 1. The summed E-state index contributed by atoms with van der Waals surface area (Å²) in [7, 11) is 3.07. The number of benzene rings is 3. The molecule has 34 heavy (non-hydrogen) atoms. The van der Waals surface area contributed by atoms with Crippen LogP contribution in [0.25, 0.3) is 0 Å². The zero-order valence-corrected chi connectivity index (χ0v) is 19.7. The number of methoxy groups -OCH3 is 2. The maximum absolute atomic E-state index is 13.4. The molecule has 0 aliphatic carbocycles. The number of ether oxygens (including phenoxy) is 3. The van der Waals surface area contributed by atoms with Crippen molar-refractivity contribution in [3.8, 4) is 17.2 Å². The number of nitrogens with one attached hydrogen (secondary N) is 2. The van der Waals surface area contributed by atoms with Crippen LogP contribution >= 0.6 is 11.6 Å². The molecule has 2 N–H and O–H groups in total. The van der Waals surface area contributed by atoms with Crippen LogP contribution in [0.15, 0.2) is 60.7 Å². The van der Waals surface area contributed by atoms with Crippen LogP contribution in [0.1, 0.15) is 27.7 Å². The van der Waals surface area contributed by atoms with Crippen LogP contribution in [-0.4, -0.2) is 37.6 Å². The van der Waals surface area contributed by atoms with Gasteiger partial charge in [0.05, 0.1) is 19.8 Å². The molecule has 0 aromatic heterocycles. The van der Waals surface area contributed by atoms with E-state index in [4.69, 9.17) is 25.8 Å². The van der Waals surface area contributed by atoms with Crippen molar-refractivity contribution in [2.24, 2.45) is 0 Å². The van der Waals surface area contributed by atoms with Crippen molar-refractivity contribution < 1.29 is 23.8 Å². The summed E-state index contributed by atoms with van der Waals surface area (Å²) in [6.07, 6.45) is -0.718. The quantitative estimate of drug-likeness (QED) is 0.521. The zero-order chi connectivity index (χ0) is 24.2. The minimum absolute atomic E-state index is 0.270. The number of carbonyl (C=O) groups is 2. The van der Waals surface area contributed by atoms with Gasteiger partial charge >= 0.3 is 0 Å². The van der Waals surface area contributed by atoms with Crippen LogP contribution < -0.4 is 25.0 Å². The number of carbonyl (C=O) groups excluding carboxylic acids is 2. The van der Waals surface area contributed by atoms with E-state index in [1.807, 2.05) is 19.1 Å². The van der Waals surface area contributed by atoms with Crippen molar-refractivity contribution in [2.45, 2.75) is 13.1 Å². The topological polar surface area (TPSA) is 89.1 Å². The third-order valence-electron chi connectivity index (χ3n) is 5.34. The first-order chi connectivity index (χ1) is 16.4. The molecule has 176 valence electrons. The average Bonchev–Trinajstić information content (AvgIpc) is 2.85. The average molecular weight is 482 g/mol. The molecule has 1 unspecified atom stereocenters.